The Morgan fingerprint density at radius 2 is 1.90 bits per heavy atom. The third-order valence-corrected chi connectivity index (χ3v) is 4.67. The number of fused-ring (bicyclic) bond motifs is 1. The molecule has 0 radical (unpaired) electrons. The highest BCUT2D eigenvalue weighted by Crippen LogP contribution is 2.23. The first-order valence-corrected chi connectivity index (χ1v) is 9.12. The molecule has 0 bridgehead atoms. The van der Waals surface area contributed by atoms with Gasteiger partial charge in [0.15, 0.2) is 11.5 Å². The summed E-state index contributed by atoms with van der Waals surface area (Å²) < 4.78 is 39.4. The number of benzene rings is 1. The zero-order chi connectivity index (χ0) is 21.1. The van der Waals surface area contributed by atoms with Gasteiger partial charge in [-0.2, -0.15) is 4.39 Å². The molecule has 0 atom stereocenters. The molecule has 0 spiro atoms. The van der Waals surface area contributed by atoms with Crippen LogP contribution in [0.3, 0.4) is 0 Å². The van der Waals surface area contributed by atoms with Crippen molar-refractivity contribution in [2.24, 2.45) is 0 Å². The Kier molecular flexibility index (Phi) is 6.12. The third-order valence-electron chi connectivity index (χ3n) is 4.08. The number of H-pyrrole nitrogens is 1. The van der Waals surface area contributed by atoms with Gasteiger partial charge in [-0.15, -0.1) is 0 Å². The van der Waals surface area contributed by atoms with Crippen LogP contribution in [-0.4, -0.2) is 31.5 Å². The van der Waals surface area contributed by atoms with Crippen LogP contribution in [0.2, 0.25) is 0 Å². The van der Waals surface area contributed by atoms with Crippen molar-refractivity contribution in [2.45, 2.75) is 13.3 Å². The summed E-state index contributed by atoms with van der Waals surface area (Å²) >= 11 is 3.39. The first-order chi connectivity index (χ1) is 13.9. The molecule has 10 heteroatoms. The lowest BCUT2D eigenvalue weighted by molar-refractivity contribution is 0.601. The van der Waals surface area contributed by atoms with Crippen LogP contribution in [0.5, 0.6) is 0 Å². The average Bonchev–Trinajstić information content (AvgIpc) is 3.09. The molecule has 0 unspecified atom stereocenters. The Bertz CT molecular complexity index is 1240. The van der Waals surface area contributed by atoms with E-state index in [9.17, 15) is 18.0 Å². The van der Waals surface area contributed by atoms with Crippen LogP contribution in [-0.2, 0) is 6.42 Å². The van der Waals surface area contributed by atoms with Crippen molar-refractivity contribution in [3.63, 3.8) is 0 Å². The highest BCUT2D eigenvalue weighted by Gasteiger charge is 2.15. The smallest absolute Gasteiger partial charge is 0.287 e. The van der Waals surface area contributed by atoms with Gasteiger partial charge in [0.25, 0.3) is 5.56 Å². The molecule has 4 rings (SSSR count). The molecule has 1 N–H and O–H groups in total. The third kappa shape index (κ3) is 4.21. The van der Waals surface area contributed by atoms with Crippen LogP contribution in [0.15, 0.2) is 46.2 Å². The van der Waals surface area contributed by atoms with Gasteiger partial charge in [-0.1, -0.05) is 12.1 Å². The van der Waals surface area contributed by atoms with E-state index in [0.717, 1.165) is 11.8 Å². The summed E-state index contributed by atoms with van der Waals surface area (Å²) in [6.07, 6.45) is 4.23. The van der Waals surface area contributed by atoms with E-state index in [1.165, 1.54) is 6.07 Å². The fraction of sp³-hybridized carbons (Fsp3) is 0.158. The van der Waals surface area contributed by atoms with Crippen LogP contribution in [0.1, 0.15) is 16.8 Å². The Hall–Kier alpha value is -3.01. The molecular weight excluding hydrogens is 451 g/mol. The second-order valence-corrected chi connectivity index (χ2v) is 6.84. The summed E-state index contributed by atoms with van der Waals surface area (Å²) in [4.78, 5) is 26.6. The molecule has 0 saturated carbocycles. The van der Waals surface area contributed by atoms with Gasteiger partial charge in [0.1, 0.15) is 16.1 Å². The Labute approximate surface area is 171 Å². The minimum Gasteiger partial charge on any atom is -0.303 e. The van der Waals surface area contributed by atoms with Crippen molar-refractivity contribution in [3.05, 3.63) is 80.2 Å². The van der Waals surface area contributed by atoms with Crippen LogP contribution in [0.4, 0.5) is 13.2 Å². The molecule has 0 fully saturated rings. The van der Waals surface area contributed by atoms with Gasteiger partial charge >= 0.3 is 0 Å². The Balaban J connectivity index is 0.00000117. The molecule has 0 aliphatic carbocycles. The average molecular weight is 466 g/mol. The number of rotatable bonds is 3. The SMILES string of the molecule is CF.Cc1ccc(Cc2nc(-c3ncc(F)c(=O)[nH]3)cn3c(Br)cnc23)c(F)c1. The van der Waals surface area contributed by atoms with Crippen LogP contribution >= 0.6 is 15.9 Å². The van der Waals surface area contributed by atoms with Crippen LogP contribution in [0.25, 0.3) is 17.2 Å². The van der Waals surface area contributed by atoms with Gasteiger partial charge in [-0.3, -0.25) is 13.6 Å². The largest absolute Gasteiger partial charge is 0.303 e. The van der Waals surface area contributed by atoms with Crippen molar-refractivity contribution in [2.75, 3.05) is 7.18 Å². The van der Waals surface area contributed by atoms with Crippen molar-refractivity contribution in [1.29, 1.82) is 0 Å². The van der Waals surface area contributed by atoms with E-state index >= 15 is 0 Å². The van der Waals surface area contributed by atoms with E-state index in [1.807, 2.05) is 13.0 Å². The standard InChI is InChI=1S/C18H12BrF2N5O.CH3F/c1-9-2-3-10(11(20)4-9)5-13-17-23-7-15(19)26(17)8-14(24-13)16-22-6-12(21)18(27)25-16;1-2/h2-4,6-8H,5H2,1H3,(H,22,25,27);1H3. The highest BCUT2D eigenvalue weighted by atomic mass is 79.9. The molecule has 150 valence electrons. The topological polar surface area (TPSA) is 75.9 Å². The second-order valence-electron chi connectivity index (χ2n) is 6.03. The molecule has 0 aliphatic heterocycles. The number of hydrogen-bond acceptors (Lipinski definition) is 4. The lowest BCUT2D eigenvalue weighted by Gasteiger charge is -2.09. The van der Waals surface area contributed by atoms with E-state index < -0.39 is 11.4 Å². The van der Waals surface area contributed by atoms with Crippen molar-refractivity contribution < 1.29 is 13.2 Å². The lowest BCUT2D eigenvalue weighted by Crippen LogP contribution is -2.13. The number of alkyl halides is 1. The summed E-state index contributed by atoms with van der Waals surface area (Å²) in [5.41, 5.74) is 1.73. The molecule has 0 aliphatic rings. The van der Waals surface area contributed by atoms with Crippen molar-refractivity contribution >= 4 is 21.6 Å². The quantitative estimate of drug-likeness (QED) is 0.495. The van der Waals surface area contributed by atoms with Gasteiger partial charge in [0, 0.05) is 12.6 Å². The Morgan fingerprint density at radius 1 is 1.14 bits per heavy atom. The minimum atomic E-state index is -0.981. The number of aromatic amines is 1. The summed E-state index contributed by atoms with van der Waals surface area (Å²) in [6.45, 7) is 1.81. The molecule has 3 aromatic heterocycles. The molecule has 6 nitrogen and oxygen atoms in total. The van der Waals surface area contributed by atoms with Crippen molar-refractivity contribution in [1.82, 2.24) is 24.3 Å². The first kappa shape index (κ1) is 20.7. The maximum absolute atomic E-state index is 14.3. The molecule has 29 heavy (non-hydrogen) atoms. The van der Waals surface area contributed by atoms with E-state index in [1.54, 1.807) is 22.9 Å². The highest BCUT2D eigenvalue weighted by molar-refractivity contribution is 9.10. The van der Waals surface area contributed by atoms with Gasteiger partial charge in [-0.05, 0) is 40.0 Å². The van der Waals surface area contributed by atoms with Crippen LogP contribution < -0.4 is 5.56 Å². The maximum atomic E-state index is 14.3. The number of halogens is 4. The number of aryl methyl sites for hydroxylation is 1. The number of hydrogen-bond donors (Lipinski definition) is 1. The Morgan fingerprint density at radius 3 is 2.59 bits per heavy atom. The second kappa shape index (κ2) is 8.56. The summed E-state index contributed by atoms with van der Waals surface area (Å²) in [7, 11) is 0.500. The molecule has 0 amide bonds. The fourth-order valence-corrected chi connectivity index (χ4v) is 3.11. The van der Waals surface area contributed by atoms with E-state index in [2.05, 4.69) is 35.9 Å². The molecule has 1 aromatic carbocycles. The molecule has 3 heterocycles. The minimum absolute atomic E-state index is 0.106. The van der Waals surface area contributed by atoms with Crippen LogP contribution in [0, 0.1) is 18.6 Å². The molecule has 0 saturated heterocycles. The monoisotopic (exact) mass is 465 g/mol. The normalized spacial score (nSPS) is 10.7. The fourth-order valence-electron chi connectivity index (χ4n) is 2.74. The van der Waals surface area contributed by atoms with E-state index in [4.69, 9.17) is 0 Å². The van der Waals surface area contributed by atoms with Gasteiger partial charge < -0.3 is 4.98 Å². The zero-order valence-electron chi connectivity index (χ0n) is 15.4. The maximum Gasteiger partial charge on any atom is 0.287 e. The van der Waals surface area contributed by atoms with E-state index in [-0.39, 0.29) is 18.1 Å². The molecule has 4 aromatic rings. The molecular formula is C19H15BrF3N5O. The number of imidazole rings is 1. The summed E-state index contributed by atoms with van der Waals surface area (Å²) in [6, 6.07) is 4.97. The zero-order valence-corrected chi connectivity index (χ0v) is 17.0. The van der Waals surface area contributed by atoms with Crippen molar-refractivity contribution in [3.8, 4) is 11.5 Å². The van der Waals surface area contributed by atoms with Gasteiger partial charge in [-0.25, -0.2) is 19.3 Å². The van der Waals surface area contributed by atoms with E-state index in [0.29, 0.717) is 34.4 Å². The number of nitrogens with zero attached hydrogens (tertiary/aromatic N) is 4. The van der Waals surface area contributed by atoms with Gasteiger partial charge in [0.05, 0.1) is 25.3 Å². The van der Waals surface area contributed by atoms with Gasteiger partial charge in [0.2, 0.25) is 5.82 Å². The summed E-state index contributed by atoms with van der Waals surface area (Å²) in [5, 5.41) is 0. The summed E-state index contributed by atoms with van der Waals surface area (Å²) in [5.74, 6) is -1.21. The predicted octanol–water partition coefficient (Wildman–Crippen LogP) is 4.01. The lowest BCUT2D eigenvalue weighted by atomic mass is 10.1. The number of nitrogens with one attached hydrogen (secondary N) is 1. The first-order valence-electron chi connectivity index (χ1n) is 8.33. The predicted molar refractivity (Wildman–Crippen MR) is 105 cm³/mol. The number of aromatic nitrogens is 5.